The molecule has 1 aromatic carbocycles. The monoisotopic (exact) mass is 989 g/mol. The van der Waals surface area contributed by atoms with Gasteiger partial charge in [0.15, 0.2) is 0 Å². The highest BCUT2D eigenvalue weighted by Crippen LogP contribution is 2.21. The first-order valence-electron chi connectivity index (χ1n) is 21.7. The number of nitrogens with one attached hydrogen (secondary N) is 8. The van der Waals surface area contributed by atoms with E-state index in [1.54, 1.807) is 6.26 Å². The van der Waals surface area contributed by atoms with Gasteiger partial charge in [-0.05, 0) is 69.2 Å². The smallest absolute Gasteiger partial charge is 0.325 e. The fourth-order valence-corrected chi connectivity index (χ4v) is 7.33. The number of rotatable bonds is 28. The lowest BCUT2D eigenvalue weighted by atomic mass is 10.0. The van der Waals surface area contributed by atoms with Crippen molar-refractivity contribution in [3.8, 4) is 5.75 Å². The van der Waals surface area contributed by atoms with Crippen molar-refractivity contribution in [3.63, 3.8) is 0 Å². The maximum absolute atomic E-state index is 14.3. The zero-order chi connectivity index (χ0) is 51.4. The van der Waals surface area contributed by atoms with Crippen LogP contribution in [0.25, 0.3) is 0 Å². The molecule has 8 amide bonds. The molecule has 26 nitrogen and oxygen atoms in total. The molecule has 0 aliphatic carbocycles. The summed E-state index contributed by atoms with van der Waals surface area (Å²) in [5, 5.41) is 54.4. The molecule has 1 aliphatic heterocycles. The molecule has 69 heavy (non-hydrogen) atoms. The molecule has 1 fully saturated rings. The number of nitrogens with zero attached hydrogens (tertiary/aromatic N) is 2. The van der Waals surface area contributed by atoms with Gasteiger partial charge >= 0.3 is 17.9 Å². The van der Waals surface area contributed by atoms with Crippen LogP contribution in [0.3, 0.4) is 0 Å². The number of thioether (sulfide) groups is 1. The van der Waals surface area contributed by atoms with E-state index in [1.165, 1.54) is 67.3 Å². The number of benzene rings is 1. The van der Waals surface area contributed by atoms with Crippen LogP contribution in [0.15, 0.2) is 36.8 Å². The van der Waals surface area contributed by atoms with Crippen molar-refractivity contribution in [1.82, 2.24) is 52.1 Å². The molecule has 8 atom stereocenters. The predicted molar refractivity (Wildman–Crippen MR) is 243 cm³/mol. The van der Waals surface area contributed by atoms with Crippen molar-refractivity contribution in [2.24, 2.45) is 5.73 Å². The number of carboxylic acids is 3. The summed E-state index contributed by atoms with van der Waals surface area (Å²) in [5.74, 6) is -10.7. The average Bonchev–Trinajstić information content (AvgIpc) is 4.01. The highest BCUT2D eigenvalue weighted by atomic mass is 32.2. The van der Waals surface area contributed by atoms with E-state index in [4.69, 9.17) is 15.9 Å². The fourth-order valence-electron chi connectivity index (χ4n) is 6.86. The normalized spacial score (nSPS) is 16.2. The van der Waals surface area contributed by atoms with Crippen LogP contribution >= 0.6 is 11.8 Å². The third kappa shape index (κ3) is 18.7. The lowest BCUT2D eigenvalue weighted by Crippen LogP contribution is -2.60. The number of hydrogen-bond acceptors (Lipinski definition) is 15. The first-order valence-corrected chi connectivity index (χ1v) is 23.0. The SMILES string of the molecule is CSCC[C@H](NC(=O)[C@@H](N)CC(=O)O)C(=O)N[C@@H](CCC(=O)O)C(=O)N[C@@H](C)C(=O)N[C@@H](Cc1cnc[nH]1)C(=O)N[C@@H](Cc1ccc(O)cc1)C(=O)N1CCC[C@H]1C(=O)NCC(=O)N[C@@H](C)C(=O)O. The molecule has 2 aromatic rings. The van der Waals surface area contributed by atoms with Crippen LogP contribution in [-0.2, 0) is 65.6 Å². The molecule has 0 saturated carbocycles. The maximum atomic E-state index is 14.3. The van der Waals surface area contributed by atoms with E-state index in [0.29, 0.717) is 23.4 Å². The van der Waals surface area contributed by atoms with Crippen molar-refractivity contribution in [3.05, 3.63) is 48.0 Å². The van der Waals surface area contributed by atoms with Crippen molar-refractivity contribution >= 4 is 76.9 Å². The van der Waals surface area contributed by atoms with E-state index in [2.05, 4.69) is 47.2 Å². The molecule has 0 radical (unpaired) electrons. The molecule has 0 unspecified atom stereocenters. The topological polar surface area (TPSA) is 411 Å². The molecule has 3 rings (SSSR count). The minimum atomic E-state index is -1.57. The number of hydrogen-bond donors (Lipinski definition) is 13. The molecule has 0 spiro atoms. The van der Waals surface area contributed by atoms with Gasteiger partial charge in [-0.1, -0.05) is 12.1 Å². The maximum Gasteiger partial charge on any atom is 0.325 e. The Balaban J connectivity index is 1.83. The summed E-state index contributed by atoms with van der Waals surface area (Å²) in [6.07, 6.45) is 2.75. The minimum Gasteiger partial charge on any atom is -0.508 e. The Labute approximate surface area is 399 Å². The summed E-state index contributed by atoms with van der Waals surface area (Å²) in [7, 11) is 0. The molecule has 0 bridgehead atoms. The van der Waals surface area contributed by atoms with Crippen LogP contribution in [0.1, 0.15) is 63.6 Å². The van der Waals surface area contributed by atoms with E-state index in [0.717, 1.165) is 0 Å². The van der Waals surface area contributed by atoms with Gasteiger partial charge < -0.3 is 73.3 Å². The Bertz CT molecular complexity index is 2160. The Morgan fingerprint density at radius 1 is 0.768 bits per heavy atom. The van der Waals surface area contributed by atoms with Crippen molar-refractivity contribution in [1.29, 1.82) is 0 Å². The average molecular weight is 990 g/mol. The van der Waals surface area contributed by atoms with E-state index < -0.39 is 139 Å². The number of phenols is 1. The molecule has 378 valence electrons. The summed E-state index contributed by atoms with van der Waals surface area (Å²) in [5.41, 5.74) is 6.49. The fraction of sp³-hybridized carbons (Fsp3) is 0.524. The van der Waals surface area contributed by atoms with E-state index in [-0.39, 0.29) is 38.0 Å². The van der Waals surface area contributed by atoms with Gasteiger partial charge in [0.05, 0.1) is 25.3 Å². The molecule has 1 aliphatic rings. The summed E-state index contributed by atoms with van der Waals surface area (Å²) in [6.45, 7) is 1.97. The lowest BCUT2D eigenvalue weighted by Gasteiger charge is -2.30. The van der Waals surface area contributed by atoms with Gasteiger partial charge in [-0.15, -0.1) is 0 Å². The van der Waals surface area contributed by atoms with Gasteiger partial charge in [-0.2, -0.15) is 11.8 Å². The number of aromatic amines is 1. The Morgan fingerprint density at radius 2 is 1.38 bits per heavy atom. The van der Waals surface area contributed by atoms with Crippen molar-refractivity contribution < 1.29 is 73.2 Å². The summed E-state index contributed by atoms with van der Waals surface area (Å²) < 4.78 is 0. The molecular weight excluding hydrogens is 931 g/mol. The molecule has 14 N–H and O–H groups in total. The highest BCUT2D eigenvalue weighted by molar-refractivity contribution is 7.98. The Morgan fingerprint density at radius 3 is 1.99 bits per heavy atom. The van der Waals surface area contributed by atoms with Gasteiger partial charge in [0.25, 0.3) is 0 Å². The number of carbonyl (C=O) groups is 11. The lowest BCUT2D eigenvalue weighted by molar-refractivity contribution is -0.142. The molecule has 27 heteroatoms. The minimum absolute atomic E-state index is 0.0108. The second-order valence-electron chi connectivity index (χ2n) is 16.1. The molecule has 1 aromatic heterocycles. The van der Waals surface area contributed by atoms with Crippen LogP contribution < -0.4 is 43.0 Å². The van der Waals surface area contributed by atoms with Gasteiger partial charge in [0.1, 0.15) is 48.0 Å². The molecular formula is C42H59N11O15S. The number of aliphatic carboxylic acids is 3. The van der Waals surface area contributed by atoms with Crippen molar-refractivity contribution in [2.45, 2.75) is 114 Å². The summed E-state index contributed by atoms with van der Waals surface area (Å²) in [6, 6.07) is -5.29. The first-order chi connectivity index (χ1) is 32.6. The second kappa shape index (κ2) is 27.5. The highest BCUT2D eigenvalue weighted by Gasteiger charge is 2.39. The number of likely N-dealkylation sites (tertiary alicyclic amines) is 1. The molecule has 1 saturated heterocycles. The zero-order valence-electron chi connectivity index (χ0n) is 38.0. The van der Waals surface area contributed by atoms with Crippen molar-refractivity contribution in [2.75, 3.05) is 25.1 Å². The van der Waals surface area contributed by atoms with Gasteiger partial charge in [-0.25, -0.2) is 4.98 Å². The Kier molecular flexibility index (Phi) is 22.3. The van der Waals surface area contributed by atoms with Crippen LogP contribution in [0.5, 0.6) is 5.75 Å². The number of carbonyl (C=O) groups excluding carboxylic acids is 8. The Hall–Kier alpha value is -7.29. The number of aromatic nitrogens is 2. The van der Waals surface area contributed by atoms with E-state index >= 15 is 0 Å². The third-order valence-corrected chi connectivity index (χ3v) is 11.3. The van der Waals surface area contributed by atoms with Crippen LogP contribution in [0.4, 0.5) is 0 Å². The van der Waals surface area contributed by atoms with E-state index in [9.17, 15) is 63.0 Å². The zero-order valence-corrected chi connectivity index (χ0v) is 38.8. The van der Waals surface area contributed by atoms with Crippen LogP contribution in [-0.4, -0.2) is 174 Å². The summed E-state index contributed by atoms with van der Waals surface area (Å²) in [4.78, 5) is 149. The number of amides is 8. The quantitative estimate of drug-likeness (QED) is 0.0393. The number of aromatic hydroxyl groups is 1. The number of nitrogens with two attached hydrogens (primary N) is 1. The number of carboxylic acid groups (broad SMARTS) is 3. The van der Waals surface area contributed by atoms with Gasteiger partial charge in [-0.3, -0.25) is 52.7 Å². The summed E-state index contributed by atoms with van der Waals surface area (Å²) >= 11 is 1.31. The van der Waals surface area contributed by atoms with Crippen LogP contribution in [0, 0.1) is 0 Å². The standard InChI is InChI=1S/C42H59N11O15S/c1-21(48-37(62)27(10-11-33(56)57)50-38(63)28(12-14-69-3)49-36(61)26(43)17-34(58)59)35(60)51-29(16-24-18-44-20-46-24)39(64)52-30(15-23-6-8-25(54)9-7-23)41(66)53-13-4-5-31(53)40(65)45-19-32(55)47-22(2)42(67)68/h6-9,18,20-22,26-31,54H,4-5,10-17,19,43H2,1-3H3,(H,44,46)(H,45,65)(H,47,55)(H,48,62)(H,49,61)(H,50,63)(H,51,60)(H,52,64)(H,56,57)(H,58,59)(H,67,68)/t21-,22-,26-,27-,28-,29-,30-,31-/m0/s1. The van der Waals surface area contributed by atoms with Gasteiger partial charge in [0.2, 0.25) is 47.3 Å². The van der Waals surface area contributed by atoms with E-state index in [1.807, 2.05) is 0 Å². The number of imidazole rings is 1. The van der Waals surface area contributed by atoms with Crippen LogP contribution in [0.2, 0.25) is 0 Å². The predicted octanol–water partition coefficient (Wildman–Crippen LogP) is -3.54. The van der Waals surface area contributed by atoms with Gasteiger partial charge in [0, 0.05) is 37.7 Å². The number of phenolic OH excluding ortho intramolecular Hbond substituents is 1. The first kappa shape index (κ1) is 56.0. The largest absolute Gasteiger partial charge is 0.508 e. The second-order valence-corrected chi connectivity index (χ2v) is 17.1. The number of H-pyrrole nitrogens is 1. The molecule has 2 heterocycles. The third-order valence-electron chi connectivity index (χ3n) is 10.6.